The van der Waals surface area contributed by atoms with Crippen LogP contribution in [0.3, 0.4) is 0 Å². The second-order valence-electron chi connectivity index (χ2n) is 5.39. The summed E-state index contributed by atoms with van der Waals surface area (Å²) in [5, 5.41) is 9.97. The Labute approximate surface area is 135 Å². The van der Waals surface area contributed by atoms with Crippen LogP contribution < -0.4 is 0 Å². The third-order valence-electron chi connectivity index (χ3n) is 3.28. The molecule has 0 aliphatic carbocycles. The number of benzene rings is 1. The highest BCUT2D eigenvalue weighted by atomic mass is 32.2. The van der Waals surface area contributed by atoms with Gasteiger partial charge in [0.05, 0.1) is 5.69 Å². The highest BCUT2D eigenvalue weighted by Crippen LogP contribution is 2.25. The molecule has 1 heterocycles. The van der Waals surface area contributed by atoms with Crippen LogP contribution in [0.1, 0.15) is 47.2 Å². The smallest absolute Gasteiger partial charge is 0.340 e. The molecule has 0 radical (unpaired) electrons. The Kier molecular flexibility index (Phi) is 5.55. The number of nitrogens with zero attached hydrogens (tertiary/aromatic N) is 2. The Balaban J connectivity index is 2.19. The predicted octanol–water partition coefficient (Wildman–Crippen LogP) is 3.94. The molecule has 1 aromatic carbocycles. The molecule has 22 heavy (non-hydrogen) atoms. The predicted molar refractivity (Wildman–Crippen MR) is 88.7 cm³/mol. The quantitative estimate of drug-likeness (QED) is 0.646. The van der Waals surface area contributed by atoms with E-state index in [0.29, 0.717) is 16.5 Å². The molecular weight excluding hydrogens is 296 g/mol. The Bertz CT molecular complexity index is 657. The molecule has 0 fully saturated rings. The van der Waals surface area contributed by atoms with Crippen molar-refractivity contribution in [1.82, 2.24) is 9.97 Å². The molecule has 0 unspecified atom stereocenters. The molecule has 0 amide bonds. The monoisotopic (exact) mass is 316 g/mol. The fourth-order valence-corrected chi connectivity index (χ4v) is 3.16. The van der Waals surface area contributed by atoms with Gasteiger partial charge in [0, 0.05) is 11.7 Å². The standard InChI is InChI=1S/C17H20N2O2S/c1-11(2)15-18-12(3)14(17(20)21)16(19-15)22-10-9-13-7-5-4-6-8-13/h4-8,11H,9-10H2,1-3H3,(H,20,21). The highest BCUT2D eigenvalue weighted by Gasteiger charge is 2.19. The summed E-state index contributed by atoms with van der Waals surface area (Å²) in [6.07, 6.45) is 0.880. The van der Waals surface area contributed by atoms with E-state index in [0.717, 1.165) is 12.2 Å². The van der Waals surface area contributed by atoms with Crippen LogP contribution in [0.25, 0.3) is 0 Å². The molecule has 0 bridgehead atoms. The fourth-order valence-electron chi connectivity index (χ4n) is 2.09. The second-order valence-corrected chi connectivity index (χ2v) is 6.47. The number of carboxylic acid groups (broad SMARTS) is 1. The summed E-state index contributed by atoms with van der Waals surface area (Å²) in [7, 11) is 0. The molecule has 0 aliphatic rings. The number of thioether (sulfide) groups is 1. The molecule has 1 N–H and O–H groups in total. The van der Waals surface area contributed by atoms with Crippen LogP contribution in [0.15, 0.2) is 35.4 Å². The number of aromatic nitrogens is 2. The second kappa shape index (κ2) is 7.40. The van der Waals surface area contributed by atoms with Crippen molar-refractivity contribution in [1.29, 1.82) is 0 Å². The van der Waals surface area contributed by atoms with Gasteiger partial charge in [-0.3, -0.25) is 0 Å². The normalized spacial score (nSPS) is 10.9. The fraction of sp³-hybridized carbons (Fsp3) is 0.353. The summed E-state index contributed by atoms with van der Waals surface area (Å²) < 4.78 is 0. The van der Waals surface area contributed by atoms with E-state index in [-0.39, 0.29) is 11.5 Å². The van der Waals surface area contributed by atoms with Gasteiger partial charge in [0.25, 0.3) is 0 Å². The SMILES string of the molecule is Cc1nc(C(C)C)nc(SCCc2ccccc2)c1C(=O)O. The van der Waals surface area contributed by atoms with Crippen molar-refractivity contribution in [3.63, 3.8) is 0 Å². The van der Waals surface area contributed by atoms with E-state index in [2.05, 4.69) is 22.1 Å². The molecule has 0 aliphatic heterocycles. The van der Waals surface area contributed by atoms with E-state index >= 15 is 0 Å². The van der Waals surface area contributed by atoms with Crippen molar-refractivity contribution < 1.29 is 9.90 Å². The van der Waals surface area contributed by atoms with Crippen LogP contribution >= 0.6 is 11.8 Å². The van der Waals surface area contributed by atoms with E-state index in [4.69, 9.17) is 0 Å². The molecule has 116 valence electrons. The lowest BCUT2D eigenvalue weighted by molar-refractivity contribution is 0.0690. The Morgan fingerprint density at radius 1 is 1.23 bits per heavy atom. The van der Waals surface area contributed by atoms with E-state index in [1.165, 1.54) is 17.3 Å². The third kappa shape index (κ3) is 4.07. The first-order chi connectivity index (χ1) is 10.5. The maximum absolute atomic E-state index is 11.5. The lowest BCUT2D eigenvalue weighted by atomic mass is 10.2. The van der Waals surface area contributed by atoms with Gasteiger partial charge in [-0.25, -0.2) is 14.8 Å². The van der Waals surface area contributed by atoms with Gasteiger partial charge in [-0.15, -0.1) is 11.8 Å². The summed E-state index contributed by atoms with van der Waals surface area (Å²) in [4.78, 5) is 20.2. The summed E-state index contributed by atoms with van der Waals surface area (Å²) in [5.41, 5.74) is 2.00. The first kappa shape index (κ1) is 16.5. The maximum Gasteiger partial charge on any atom is 0.340 e. The van der Waals surface area contributed by atoms with Crippen LogP contribution in [-0.4, -0.2) is 26.8 Å². The zero-order valence-electron chi connectivity index (χ0n) is 13.0. The summed E-state index contributed by atoms with van der Waals surface area (Å²) in [6, 6.07) is 10.2. The van der Waals surface area contributed by atoms with E-state index in [1.807, 2.05) is 32.0 Å². The molecule has 1 aromatic heterocycles. The highest BCUT2D eigenvalue weighted by molar-refractivity contribution is 7.99. The van der Waals surface area contributed by atoms with Gasteiger partial charge < -0.3 is 5.11 Å². The molecule has 0 spiro atoms. The summed E-state index contributed by atoms with van der Waals surface area (Å²) >= 11 is 1.48. The zero-order chi connectivity index (χ0) is 16.1. The van der Waals surface area contributed by atoms with Gasteiger partial charge in [0.15, 0.2) is 0 Å². The van der Waals surface area contributed by atoms with Crippen molar-refractivity contribution in [2.24, 2.45) is 0 Å². The largest absolute Gasteiger partial charge is 0.478 e. The van der Waals surface area contributed by atoms with Gasteiger partial charge in [0.2, 0.25) is 0 Å². The molecule has 0 atom stereocenters. The van der Waals surface area contributed by atoms with E-state index in [1.54, 1.807) is 6.92 Å². The Morgan fingerprint density at radius 2 is 1.91 bits per heavy atom. The minimum Gasteiger partial charge on any atom is -0.478 e. The van der Waals surface area contributed by atoms with Crippen molar-refractivity contribution in [3.05, 3.63) is 53.0 Å². The van der Waals surface area contributed by atoms with Crippen LogP contribution in [0.2, 0.25) is 0 Å². The van der Waals surface area contributed by atoms with E-state index in [9.17, 15) is 9.90 Å². The molecule has 2 rings (SSSR count). The first-order valence-corrected chi connectivity index (χ1v) is 8.26. The van der Waals surface area contributed by atoms with Crippen molar-refractivity contribution in [2.75, 3.05) is 5.75 Å². The van der Waals surface area contributed by atoms with Gasteiger partial charge >= 0.3 is 5.97 Å². The Morgan fingerprint density at radius 3 is 2.50 bits per heavy atom. The number of carbonyl (C=O) groups is 1. The van der Waals surface area contributed by atoms with Gasteiger partial charge in [-0.2, -0.15) is 0 Å². The van der Waals surface area contributed by atoms with Crippen LogP contribution in [0.5, 0.6) is 0 Å². The zero-order valence-corrected chi connectivity index (χ0v) is 13.9. The molecule has 2 aromatic rings. The van der Waals surface area contributed by atoms with E-state index < -0.39 is 5.97 Å². The summed E-state index contributed by atoms with van der Waals surface area (Å²) in [5.74, 6) is 0.702. The number of carboxylic acids is 1. The number of aromatic carboxylic acids is 1. The Hall–Kier alpha value is -1.88. The average Bonchev–Trinajstić information content (AvgIpc) is 2.47. The number of aryl methyl sites for hydroxylation is 2. The van der Waals surface area contributed by atoms with Crippen LogP contribution in [-0.2, 0) is 6.42 Å². The van der Waals surface area contributed by atoms with Gasteiger partial charge in [-0.1, -0.05) is 44.2 Å². The molecular formula is C17H20N2O2S. The molecule has 0 saturated heterocycles. The van der Waals surface area contributed by atoms with Crippen LogP contribution in [0.4, 0.5) is 0 Å². The minimum absolute atomic E-state index is 0.176. The van der Waals surface area contributed by atoms with Gasteiger partial charge in [-0.05, 0) is 18.9 Å². The number of rotatable bonds is 6. The molecule has 5 heteroatoms. The van der Waals surface area contributed by atoms with Gasteiger partial charge in [0.1, 0.15) is 16.4 Å². The van der Waals surface area contributed by atoms with Crippen molar-refractivity contribution in [3.8, 4) is 0 Å². The molecule has 0 saturated carbocycles. The number of hydrogen-bond acceptors (Lipinski definition) is 4. The van der Waals surface area contributed by atoms with Crippen molar-refractivity contribution in [2.45, 2.75) is 38.1 Å². The lowest BCUT2D eigenvalue weighted by Crippen LogP contribution is -2.11. The first-order valence-electron chi connectivity index (χ1n) is 7.27. The van der Waals surface area contributed by atoms with Crippen molar-refractivity contribution >= 4 is 17.7 Å². The third-order valence-corrected chi connectivity index (χ3v) is 4.25. The number of hydrogen-bond donors (Lipinski definition) is 1. The topological polar surface area (TPSA) is 63.1 Å². The summed E-state index contributed by atoms with van der Waals surface area (Å²) in [6.45, 7) is 5.75. The molecule has 4 nitrogen and oxygen atoms in total. The average molecular weight is 316 g/mol. The maximum atomic E-state index is 11.5. The lowest BCUT2D eigenvalue weighted by Gasteiger charge is -2.12. The minimum atomic E-state index is -0.963. The van der Waals surface area contributed by atoms with Crippen LogP contribution in [0, 0.1) is 6.92 Å².